The van der Waals surface area contributed by atoms with Crippen molar-refractivity contribution >= 4 is 0 Å². The quantitative estimate of drug-likeness (QED) is 0.789. The van der Waals surface area contributed by atoms with Gasteiger partial charge in [0.1, 0.15) is 11.5 Å². The molecule has 1 aromatic heterocycles. The number of furan rings is 1. The monoisotopic (exact) mass is 223 g/mol. The average molecular weight is 223 g/mol. The van der Waals surface area contributed by atoms with Crippen molar-refractivity contribution in [3.63, 3.8) is 0 Å². The molecule has 1 aromatic rings. The smallest absolute Gasteiger partial charge is 0.105 e. The largest absolute Gasteiger partial charge is 0.466 e. The van der Waals surface area contributed by atoms with E-state index in [2.05, 4.69) is 32.2 Å². The van der Waals surface area contributed by atoms with Crippen molar-refractivity contribution in [2.24, 2.45) is 5.92 Å². The molecule has 0 bridgehead atoms. The Morgan fingerprint density at radius 2 is 1.88 bits per heavy atom. The van der Waals surface area contributed by atoms with Crippen LogP contribution in [-0.4, -0.2) is 7.05 Å². The summed E-state index contributed by atoms with van der Waals surface area (Å²) in [5.41, 5.74) is 1.33. The van der Waals surface area contributed by atoms with Gasteiger partial charge in [0, 0.05) is 11.6 Å². The lowest BCUT2D eigenvalue weighted by Gasteiger charge is -2.21. The van der Waals surface area contributed by atoms with Crippen molar-refractivity contribution in [1.29, 1.82) is 0 Å². The summed E-state index contributed by atoms with van der Waals surface area (Å²) >= 11 is 0. The lowest BCUT2D eigenvalue weighted by atomic mass is 9.91. The molecule has 0 saturated heterocycles. The SMILES string of the molecule is CCC(CC)CC(NC)c1cc(C)oc1C. The summed E-state index contributed by atoms with van der Waals surface area (Å²) in [4.78, 5) is 0. The van der Waals surface area contributed by atoms with Crippen molar-refractivity contribution in [2.75, 3.05) is 7.05 Å². The number of aryl methyl sites for hydroxylation is 2. The molecule has 1 heterocycles. The van der Waals surface area contributed by atoms with Crippen LogP contribution in [0, 0.1) is 19.8 Å². The summed E-state index contributed by atoms with van der Waals surface area (Å²) in [6.07, 6.45) is 3.71. The summed E-state index contributed by atoms with van der Waals surface area (Å²) in [7, 11) is 2.04. The van der Waals surface area contributed by atoms with Gasteiger partial charge in [-0.2, -0.15) is 0 Å². The van der Waals surface area contributed by atoms with Crippen LogP contribution in [0.5, 0.6) is 0 Å². The molecule has 1 rings (SSSR count). The normalized spacial score (nSPS) is 13.4. The Morgan fingerprint density at radius 1 is 1.25 bits per heavy atom. The van der Waals surface area contributed by atoms with Crippen molar-refractivity contribution < 1.29 is 4.42 Å². The first-order chi connectivity index (χ1) is 7.62. The van der Waals surface area contributed by atoms with Crippen LogP contribution in [0.25, 0.3) is 0 Å². The van der Waals surface area contributed by atoms with Crippen LogP contribution in [0.3, 0.4) is 0 Å². The fourth-order valence-electron chi connectivity index (χ4n) is 2.35. The topological polar surface area (TPSA) is 25.2 Å². The lowest BCUT2D eigenvalue weighted by Crippen LogP contribution is -2.19. The van der Waals surface area contributed by atoms with Crippen LogP contribution in [0.1, 0.15) is 56.2 Å². The van der Waals surface area contributed by atoms with Crippen molar-refractivity contribution in [3.8, 4) is 0 Å². The Morgan fingerprint density at radius 3 is 2.25 bits per heavy atom. The van der Waals surface area contributed by atoms with Crippen molar-refractivity contribution in [2.45, 2.75) is 53.0 Å². The Balaban J connectivity index is 2.77. The van der Waals surface area contributed by atoms with E-state index in [1.54, 1.807) is 0 Å². The van der Waals surface area contributed by atoms with Crippen LogP contribution < -0.4 is 5.32 Å². The van der Waals surface area contributed by atoms with Gasteiger partial charge in [0.15, 0.2) is 0 Å². The maximum Gasteiger partial charge on any atom is 0.105 e. The van der Waals surface area contributed by atoms with E-state index in [0.29, 0.717) is 6.04 Å². The third-order valence-electron chi connectivity index (χ3n) is 3.53. The molecule has 0 aromatic carbocycles. The molecule has 2 nitrogen and oxygen atoms in total. The predicted octanol–water partition coefficient (Wildman–Crippen LogP) is 3.98. The lowest BCUT2D eigenvalue weighted by molar-refractivity contribution is 0.381. The Kier molecular flexibility index (Phi) is 5.07. The van der Waals surface area contributed by atoms with Crippen LogP contribution in [0.4, 0.5) is 0 Å². The molecule has 1 N–H and O–H groups in total. The molecule has 0 aliphatic carbocycles. The van der Waals surface area contributed by atoms with Gasteiger partial charge >= 0.3 is 0 Å². The highest BCUT2D eigenvalue weighted by atomic mass is 16.3. The van der Waals surface area contributed by atoms with Crippen molar-refractivity contribution in [3.05, 3.63) is 23.2 Å². The first kappa shape index (κ1) is 13.3. The third-order valence-corrected chi connectivity index (χ3v) is 3.53. The van der Waals surface area contributed by atoms with Gasteiger partial charge in [-0.15, -0.1) is 0 Å². The number of nitrogens with one attached hydrogen (secondary N) is 1. The molecule has 1 atom stereocenters. The summed E-state index contributed by atoms with van der Waals surface area (Å²) in [6.45, 7) is 8.61. The second kappa shape index (κ2) is 6.09. The molecule has 0 radical (unpaired) electrons. The maximum atomic E-state index is 5.61. The fourth-order valence-corrected chi connectivity index (χ4v) is 2.35. The number of hydrogen-bond acceptors (Lipinski definition) is 2. The first-order valence-corrected chi connectivity index (χ1v) is 6.36. The Hall–Kier alpha value is -0.760. The molecule has 0 aliphatic heterocycles. The zero-order valence-electron chi connectivity index (χ0n) is 11.3. The van der Waals surface area contributed by atoms with Gasteiger partial charge in [-0.1, -0.05) is 26.7 Å². The van der Waals surface area contributed by atoms with Crippen LogP contribution in [0.2, 0.25) is 0 Å². The molecule has 0 aliphatic rings. The Bertz CT molecular complexity index is 313. The van der Waals surface area contributed by atoms with Gasteiger partial charge in [0.2, 0.25) is 0 Å². The predicted molar refractivity (Wildman–Crippen MR) is 68.7 cm³/mol. The minimum atomic E-state index is 0.433. The minimum Gasteiger partial charge on any atom is -0.466 e. The Labute approximate surface area is 99.4 Å². The molecule has 0 spiro atoms. The molecule has 0 saturated carbocycles. The summed E-state index contributed by atoms with van der Waals surface area (Å²) in [5.74, 6) is 2.87. The van der Waals surface area contributed by atoms with E-state index >= 15 is 0 Å². The molecule has 0 amide bonds. The van der Waals surface area contributed by atoms with E-state index in [-0.39, 0.29) is 0 Å². The van der Waals surface area contributed by atoms with E-state index < -0.39 is 0 Å². The van der Waals surface area contributed by atoms with E-state index in [4.69, 9.17) is 4.42 Å². The highest BCUT2D eigenvalue weighted by molar-refractivity contribution is 5.24. The van der Waals surface area contributed by atoms with Gasteiger partial charge in [-0.3, -0.25) is 0 Å². The van der Waals surface area contributed by atoms with Crippen LogP contribution in [-0.2, 0) is 0 Å². The number of hydrogen-bond donors (Lipinski definition) is 1. The second-order valence-electron chi connectivity index (χ2n) is 4.63. The van der Waals surface area contributed by atoms with E-state index in [1.807, 2.05) is 14.0 Å². The van der Waals surface area contributed by atoms with Gasteiger partial charge in [-0.05, 0) is 39.3 Å². The van der Waals surface area contributed by atoms with Gasteiger partial charge in [0.25, 0.3) is 0 Å². The maximum absolute atomic E-state index is 5.61. The summed E-state index contributed by atoms with van der Waals surface area (Å²) in [5, 5.41) is 3.41. The molecule has 92 valence electrons. The van der Waals surface area contributed by atoms with Gasteiger partial charge < -0.3 is 9.73 Å². The molecule has 1 unspecified atom stereocenters. The highest BCUT2D eigenvalue weighted by Gasteiger charge is 2.18. The molecular formula is C14H25NO. The average Bonchev–Trinajstić information content (AvgIpc) is 2.60. The minimum absolute atomic E-state index is 0.433. The zero-order valence-corrected chi connectivity index (χ0v) is 11.3. The standard InChI is InChI=1S/C14H25NO/c1-6-12(7-2)9-14(15-5)13-8-10(3)16-11(13)4/h8,12,14-15H,6-7,9H2,1-5H3. The van der Waals surface area contributed by atoms with E-state index in [0.717, 1.165) is 17.4 Å². The van der Waals surface area contributed by atoms with Crippen molar-refractivity contribution in [1.82, 2.24) is 5.32 Å². The van der Waals surface area contributed by atoms with Crippen LogP contribution >= 0.6 is 0 Å². The van der Waals surface area contributed by atoms with Gasteiger partial charge in [-0.25, -0.2) is 0 Å². The highest BCUT2D eigenvalue weighted by Crippen LogP contribution is 2.28. The molecule has 0 fully saturated rings. The second-order valence-corrected chi connectivity index (χ2v) is 4.63. The number of rotatable bonds is 6. The van der Waals surface area contributed by atoms with Gasteiger partial charge in [0.05, 0.1) is 0 Å². The van der Waals surface area contributed by atoms with E-state index in [9.17, 15) is 0 Å². The molecule has 2 heteroatoms. The zero-order chi connectivity index (χ0) is 12.1. The fraction of sp³-hybridized carbons (Fsp3) is 0.714. The van der Waals surface area contributed by atoms with Crippen LogP contribution in [0.15, 0.2) is 10.5 Å². The van der Waals surface area contributed by atoms with E-state index in [1.165, 1.54) is 24.8 Å². The molecular weight excluding hydrogens is 198 g/mol. The third kappa shape index (κ3) is 3.11. The molecule has 16 heavy (non-hydrogen) atoms. The summed E-state index contributed by atoms with van der Waals surface area (Å²) in [6, 6.07) is 2.60. The first-order valence-electron chi connectivity index (χ1n) is 6.36. The summed E-state index contributed by atoms with van der Waals surface area (Å²) < 4.78 is 5.61.